The van der Waals surface area contributed by atoms with Gasteiger partial charge in [-0.15, -0.1) is 10.2 Å². The Balaban J connectivity index is 1.41. The lowest BCUT2D eigenvalue weighted by molar-refractivity contribution is 0.102. The minimum atomic E-state index is -0.338. The molecule has 3 aromatic heterocycles. The predicted octanol–water partition coefficient (Wildman–Crippen LogP) is 5.41. The number of nitrogens with one attached hydrogen (secondary N) is 1. The van der Waals surface area contributed by atoms with Crippen LogP contribution in [-0.4, -0.2) is 30.7 Å². The standard InChI is InChI=1S/C23H14Cl2N6O/c24-16-5-8-19(25)18(12-16)23(32)27-17-6-3-14(4-7-17)20-9-10-21-28-29-22(31(21)30-20)15-2-1-11-26-13-15/h1-13H,(H,27,32). The maximum absolute atomic E-state index is 12.5. The number of fused-ring (bicyclic) bond motifs is 1. The normalized spacial score (nSPS) is 10.9. The average molecular weight is 461 g/mol. The average Bonchev–Trinajstić information content (AvgIpc) is 3.25. The molecule has 0 fully saturated rings. The second-order valence-corrected chi connectivity index (χ2v) is 7.75. The SMILES string of the molecule is O=C(Nc1ccc(-c2ccc3nnc(-c4cccnc4)n3n2)cc1)c1cc(Cl)ccc1Cl. The van der Waals surface area contributed by atoms with Crippen LogP contribution < -0.4 is 5.32 Å². The van der Waals surface area contributed by atoms with E-state index in [-0.39, 0.29) is 5.91 Å². The number of rotatable bonds is 4. The fourth-order valence-electron chi connectivity index (χ4n) is 3.21. The van der Waals surface area contributed by atoms with Gasteiger partial charge < -0.3 is 5.32 Å². The third kappa shape index (κ3) is 3.91. The van der Waals surface area contributed by atoms with E-state index < -0.39 is 0 Å². The van der Waals surface area contributed by atoms with Crippen LogP contribution in [-0.2, 0) is 0 Å². The van der Waals surface area contributed by atoms with Crippen molar-refractivity contribution in [2.45, 2.75) is 0 Å². The predicted molar refractivity (Wildman–Crippen MR) is 124 cm³/mol. The molecule has 0 saturated heterocycles. The van der Waals surface area contributed by atoms with Crippen molar-refractivity contribution >= 4 is 40.4 Å². The van der Waals surface area contributed by atoms with Crippen LogP contribution in [0.4, 0.5) is 5.69 Å². The van der Waals surface area contributed by atoms with E-state index in [1.807, 2.05) is 36.4 Å². The number of halogens is 2. The van der Waals surface area contributed by atoms with Gasteiger partial charge in [0.15, 0.2) is 11.5 Å². The van der Waals surface area contributed by atoms with Crippen molar-refractivity contribution in [3.05, 3.63) is 94.7 Å². The Morgan fingerprint density at radius 1 is 0.906 bits per heavy atom. The summed E-state index contributed by atoms with van der Waals surface area (Å²) in [6.07, 6.45) is 3.42. The number of carbonyl (C=O) groups is 1. The van der Waals surface area contributed by atoms with Gasteiger partial charge in [0.25, 0.3) is 5.91 Å². The summed E-state index contributed by atoms with van der Waals surface area (Å²) >= 11 is 12.1. The zero-order chi connectivity index (χ0) is 22.1. The lowest BCUT2D eigenvalue weighted by atomic mass is 10.1. The van der Waals surface area contributed by atoms with Crippen molar-refractivity contribution in [3.8, 4) is 22.6 Å². The Bertz CT molecular complexity index is 1430. The Morgan fingerprint density at radius 2 is 1.75 bits per heavy atom. The van der Waals surface area contributed by atoms with Gasteiger partial charge in [0.1, 0.15) is 0 Å². The van der Waals surface area contributed by atoms with E-state index in [1.54, 1.807) is 41.2 Å². The van der Waals surface area contributed by atoms with Crippen molar-refractivity contribution < 1.29 is 4.79 Å². The fraction of sp³-hybridized carbons (Fsp3) is 0. The molecule has 1 N–H and O–H groups in total. The van der Waals surface area contributed by atoms with Crippen molar-refractivity contribution in [3.63, 3.8) is 0 Å². The Hall–Kier alpha value is -3.81. The lowest BCUT2D eigenvalue weighted by Crippen LogP contribution is -2.12. The minimum absolute atomic E-state index is 0.311. The molecule has 0 unspecified atom stereocenters. The van der Waals surface area contributed by atoms with Gasteiger partial charge in [0.05, 0.1) is 16.3 Å². The summed E-state index contributed by atoms with van der Waals surface area (Å²) in [6, 6.07) is 19.6. The molecular weight excluding hydrogens is 447 g/mol. The minimum Gasteiger partial charge on any atom is -0.322 e. The van der Waals surface area contributed by atoms with Crippen molar-refractivity contribution in [2.24, 2.45) is 0 Å². The molecule has 0 aliphatic heterocycles. The van der Waals surface area contributed by atoms with E-state index in [0.717, 1.165) is 16.8 Å². The second-order valence-electron chi connectivity index (χ2n) is 6.91. The molecule has 32 heavy (non-hydrogen) atoms. The Labute approximate surface area is 192 Å². The summed E-state index contributed by atoms with van der Waals surface area (Å²) in [4.78, 5) is 16.7. The molecule has 3 heterocycles. The van der Waals surface area contributed by atoms with Gasteiger partial charge in [-0.05, 0) is 54.6 Å². The number of anilines is 1. The van der Waals surface area contributed by atoms with Gasteiger partial charge in [0, 0.05) is 34.2 Å². The molecule has 0 saturated carbocycles. The van der Waals surface area contributed by atoms with Crippen LogP contribution in [0, 0.1) is 0 Å². The summed E-state index contributed by atoms with van der Waals surface area (Å²) in [5.41, 5.74) is 3.99. The first-order valence-electron chi connectivity index (χ1n) is 9.58. The first-order valence-corrected chi connectivity index (χ1v) is 10.3. The van der Waals surface area contributed by atoms with Gasteiger partial charge in [0.2, 0.25) is 0 Å². The molecule has 0 aliphatic carbocycles. The van der Waals surface area contributed by atoms with Crippen molar-refractivity contribution in [2.75, 3.05) is 5.32 Å². The van der Waals surface area contributed by atoms with Gasteiger partial charge >= 0.3 is 0 Å². The monoisotopic (exact) mass is 460 g/mol. The van der Waals surface area contributed by atoms with E-state index in [4.69, 9.17) is 23.2 Å². The van der Waals surface area contributed by atoms with Crippen molar-refractivity contribution in [1.82, 2.24) is 24.8 Å². The third-order valence-corrected chi connectivity index (χ3v) is 5.36. The summed E-state index contributed by atoms with van der Waals surface area (Å²) in [5.74, 6) is 0.271. The summed E-state index contributed by atoms with van der Waals surface area (Å²) < 4.78 is 1.68. The van der Waals surface area contributed by atoms with Crippen LogP contribution in [0.1, 0.15) is 10.4 Å². The van der Waals surface area contributed by atoms with Crippen LogP contribution in [0.3, 0.4) is 0 Å². The van der Waals surface area contributed by atoms with Gasteiger partial charge in [-0.1, -0.05) is 35.3 Å². The Morgan fingerprint density at radius 3 is 2.53 bits per heavy atom. The molecule has 9 heteroatoms. The molecule has 7 nitrogen and oxygen atoms in total. The van der Waals surface area contributed by atoms with Crippen molar-refractivity contribution in [1.29, 1.82) is 0 Å². The molecule has 5 rings (SSSR count). The number of aromatic nitrogens is 5. The van der Waals surface area contributed by atoms with E-state index >= 15 is 0 Å². The summed E-state index contributed by atoms with van der Waals surface area (Å²) in [5, 5.41) is 16.7. The van der Waals surface area contributed by atoms with Crippen LogP contribution in [0.15, 0.2) is 79.1 Å². The number of carbonyl (C=O) groups excluding carboxylic acids is 1. The van der Waals surface area contributed by atoms with Crippen LogP contribution in [0.25, 0.3) is 28.3 Å². The number of pyridine rings is 1. The molecule has 0 atom stereocenters. The lowest BCUT2D eigenvalue weighted by Gasteiger charge is -2.08. The number of amides is 1. The highest BCUT2D eigenvalue weighted by molar-refractivity contribution is 6.36. The zero-order valence-electron chi connectivity index (χ0n) is 16.4. The molecule has 5 aromatic rings. The number of hydrogen-bond acceptors (Lipinski definition) is 5. The number of benzene rings is 2. The fourth-order valence-corrected chi connectivity index (χ4v) is 3.59. The highest BCUT2D eigenvalue weighted by Crippen LogP contribution is 2.24. The van der Waals surface area contributed by atoms with Crippen LogP contribution in [0.2, 0.25) is 10.0 Å². The molecule has 156 valence electrons. The third-order valence-electron chi connectivity index (χ3n) is 4.79. The second kappa shape index (κ2) is 8.37. The number of hydrogen-bond donors (Lipinski definition) is 1. The summed E-state index contributed by atoms with van der Waals surface area (Å²) in [7, 11) is 0. The molecule has 2 aromatic carbocycles. The van der Waals surface area contributed by atoms with Gasteiger partial charge in [-0.3, -0.25) is 9.78 Å². The van der Waals surface area contributed by atoms with E-state index in [9.17, 15) is 4.79 Å². The Kier molecular flexibility index (Phi) is 5.26. The topological polar surface area (TPSA) is 85.1 Å². The first kappa shape index (κ1) is 20.1. The maximum Gasteiger partial charge on any atom is 0.257 e. The van der Waals surface area contributed by atoms with Gasteiger partial charge in [-0.2, -0.15) is 9.61 Å². The highest BCUT2D eigenvalue weighted by atomic mass is 35.5. The number of nitrogens with zero attached hydrogens (tertiary/aromatic N) is 5. The molecule has 0 bridgehead atoms. The van der Waals surface area contributed by atoms with Crippen LogP contribution >= 0.6 is 23.2 Å². The van der Waals surface area contributed by atoms with E-state index in [2.05, 4.69) is 25.6 Å². The molecule has 0 spiro atoms. The summed E-state index contributed by atoms with van der Waals surface area (Å²) in [6.45, 7) is 0. The highest BCUT2D eigenvalue weighted by Gasteiger charge is 2.13. The smallest absolute Gasteiger partial charge is 0.257 e. The molecular formula is C23H14Cl2N6O. The quantitative estimate of drug-likeness (QED) is 0.387. The molecule has 1 amide bonds. The molecule has 0 radical (unpaired) electrons. The van der Waals surface area contributed by atoms with Crippen LogP contribution in [0.5, 0.6) is 0 Å². The first-order chi connectivity index (χ1) is 15.6. The molecule has 0 aliphatic rings. The zero-order valence-corrected chi connectivity index (χ0v) is 17.9. The van der Waals surface area contributed by atoms with E-state index in [0.29, 0.717) is 32.8 Å². The largest absolute Gasteiger partial charge is 0.322 e. The maximum atomic E-state index is 12.5. The van der Waals surface area contributed by atoms with Gasteiger partial charge in [-0.25, -0.2) is 0 Å². The van der Waals surface area contributed by atoms with E-state index in [1.165, 1.54) is 6.07 Å².